The van der Waals surface area contributed by atoms with E-state index in [4.69, 9.17) is 10.00 Å². The summed E-state index contributed by atoms with van der Waals surface area (Å²) in [6, 6.07) is 23.2. The van der Waals surface area contributed by atoms with Gasteiger partial charge in [-0.1, -0.05) is 36.4 Å². The standard InChI is InChI=1S/C22H16N4O/c1-15-14-24-22(25-18-11-9-16(13-23)10-12-18)26-21(15)27-20-8-4-6-17-5-2-3-7-19(17)20/h2-12,14H,1H3,(H,24,25,26). The van der Waals surface area contributed by atoms with Gasteiger partial charge in [0.1, 0.15) is 5.75 Å². The van der Waals surface area contributed by atoms with Gasteiger partial charge in [-0.3, -0.25) is 0 Å². The van der Waals surface area contributed by atoms with E-state index in [9.17, 15) is 0 Å². The molecule has 5 heteroatoms. The lowest BCUT2D eigenvalue weighted by molar-refractivity contribution is 0.463. The number of aromatic nitrogens is 2. The lowest BCUT2D eigenvalue weighted by Gasteiger charge is -2.12. The Bertz CT molecular complexity index is 1140. The predicted molar refractivity (Wildman–Crippen MR) is 105 cm³/mol. The molecule has 0 fully saturated rings. The zero-order chi connectivity index (χ0) is 18.6. The third-order valence-electron chi connectivity index (χ3n) is 4.15. The Labute approximate surface area is 156 Å². The van der Waals surface area contributed by atoms with Crippen LogP contribution in [0.15, 0.2) is 72.9 Å². The maximum Gasteiger partial charge on any atom is 0.230 e. The maximum atomic E-state index is 8.89. The van der Waals surface area contributed by atoms with Crippen LogP contribution >= 0.6 is 0 Å². The molecule has 0 amide bonds. The number of nitriles is 1. The number of rotatable bonds is 4. The molecule has 0 radical (unpaired) electrons. The number of benzene rings is 3. The number of hydrogen-bond donors (Lipinski definition) is 1. The quantitative estimate of drug-likeness (QED) is 0.536. The Hall–Kier alpha value is -3.91. The molecule has 0 saturated heterocycles. The largest absolute Gasteiger partial charge is 0.438 e. The average molecular weight is 352 g/mol. The number of aryl methyl sites for hydroxylation is 1. The predicted octanol–water partition coefficient (Wildman–Crippen LogP) is 5.35. The Balaban J connectivity index is 1.63. The van der Waals surface area contributed by atoms with Crippen LogP contribution in [0, 0.1) is 18.3 Å². The number of anilines is 2. The second kappa shape index (κ2) is 7.14. The van der Waals surface area contributed by atoms with Crippen LogP contribution in [0.3, 0.4) is 0 Å². The summed E-state index contributed by atoms with van der Waals surface area (Å²) in [6.07, 6.45) is 1.72. The van der Waals surface area contributed by atoms with Crippen LogP contribution in [0.1, 0.15) is 11.1 Å². The summed E-state index contributed by atoms with van der Waals surface area (Å²) in [5, 5.41) is 14.2. The second-order valence-electron chi connectivity index (χ2n) is 6.08. The third-order valence-corrected chi connectivity index (χ3v) is 4.15. The van der Waals surface area contributed by atoms with Crippen molar-refractivity contribution < 1.29 is 4.74 Å². The van der Waals surface area contributed by atoms with Gasteiger partial charge >= 0.3 is 0 Å². The van der Waals surface area contributed by atoms with E-state index in [2.05, 4.69) is 21.4 Å². The molecule has 5 nitrogen and oxygen atoms in total. The monoisotopic (exact) mass is 352 g/mol. The maximum absolute atomic E-state index is 8.89. The van der Waals surface area contributed by atoms with E-state index < -0.39 is 0 Å². The summed E-state index contributed by atoms with van der Waals surface area (Å²) in [6.45, 7) is 1.91. The zero-order valence-corrected chi connectivity index (χ0v) is 14.7. The molecule has 0 aliphatic rings. The van der Waals surface area contributed by atoms with Crippen LogP contribution < -0.4 is 10.1 Å². The van der Waals surface area contributed by atoms with Gasteiger partial charge in [-0.25, -0.2) is 4.98 Å². The molecular weight excluding hydrogens is 336 g/mol. The molecule has 1 heterocycles. The van der Waals surface area contributed by atoms with Crippen molar-refractivity contribution in [3.63, 3.8) is 0 Å². The lowest BCUT2D eigenvalue weighted by Crippen LogP contribution is -2.00. The summed E-state index contributed by atoms with van der Waals surface area (Å²) in [4.78, 5) is 8.82. The van der Waals surface area contributed by atoms with Crippen LogP contribution in [-0.4, -0.2) is 9.97 Å². The van der Waals surface area contributed by atoms with Gasteiger partial charge in [0.15, 0.2) is 0 Å². The summed E-state index contributed by atoms with van der Waals surface area (Å²) in [5.41, 5.74) is 2.24. The highest BCUT2D eigenvalue weighted by molar-refractivity contribution is 5.88. The third kappa shape index (κ3) is 3.55. The van der Waals surface area contributed by atoms with Gasteiger partial charge in [-0.15, -0.1) is 0 Å². The average Bonchev–Trinajstić information content (AvgIpc) is 2.71. The molecule has 27 heavy (non-hydrogen) atoms. The molecule has 0 aliphatic carbocycles. The van der Waals surface area contributed by atoms with Crippen molar-refractivity contribution in [2.45, 2.75) is 6.92 Å². The summed E-state index contributed by atoms with van der Waals surface area (Å²) in [5.74, 6) is 1.68. The highest BCUT2D eigenvalue weighted by atomic mass is 16.5. The lowest BCUT2D eigenvalue weighted by atomic mass is 10.1. The van der Waals surface area contributed by atoms with Crippen molar-refractivity contribution in [1.82, 2.24) is 9.97 Å². The van der Waals surface area contributed by atoms with Crippen LogP contribution in [-0.2, 0) is 0 Å². The summed E-state index contributed by atoms with van der Waals surface area (Å²) in [7, 11) is 0. The first-order chi connectivity index (χ1) is 13.2. The minimum Gasteiger partial charge on any atom is -0.438 e. The van der Waals surface area contributed by atoms with Crippen molar-refractivity contribution >= 4 is 22.4 Å². The van der Waals surface area contributed by atoms with Gasteiger partial charge in [0, 0.05) is 22.8 Å². The molecule has 1 aromatic heterocycles. The van der Waals surface area contributed by atoms with Crippen molar-refractivity contribution in [2.75, 3.05) is 5.32 Å². The molecule has 4 aromatic rings. The molecule has 0 bridgehead atoms. The molecular formula is C22H16N4O. The number of nitrogens with one attached hydrogen (secondary N) is 1. The molecule has 0 atom stereocenters. The Morgan fingerprint density at radius 3 is 2.56 bits per heavy atom. The topological polar surface area (TPSA) is 70.8 Å². The molecule has 4 rings (SSSR count). The van der Waals surface area contributed by atoms with Crippen LogP contribution in [0.4, 0.5) is 11.6 Å². The Kier molecular flexibility index (Phi) is 4.38. The second-order valence-corrected chi connectivity index (χ2v) is 6.08. The highest BCUT2D eigenvalue weighted by Gasteiger charge is 2.09. The fraction of sp³-hybridized carbons (Fsp3) is 0.0455. The SMILES string of the molecule is Cc1cnc(Nc2ccc(C#N)cc2)nc1Oc1cccc2ccccc12. The molecule has 3 aromatic carbocycles. The summed E-state index contributed by atoms with van der Waals surface area (Å²) >= 11 is 0. The summed E-state index contributed by atoms with van der Waals surface area (Å²) < 4.78 is 6.10. The van der Waals surface area contributed by atoms with Gasteiger partial charge in [-0.2, -0.15) is 10.2 Å². The minimum absolute atomic E-state index is 0.431. The van der Waals surface area contributed by atoms with Crippen LogP contribution in [0.2, 0.25) is 0 Å². The van der Waals surface area contributed by atoms with E-state index in [1.54, 1.807) is 18.3 Å². The first kappa shape index (κ1) is 16.6. The van der Waals surface area contributed by atoms with Crippen molar-refractivity contribution in [1.29, 1.82) is 5.26 Å². The number of nitrogens with zero attached hydrogens (tertiary/aromatic N) is 3. The number of fused-ring (bicyclic) bond motifs is 1. The van der Waals surface area contributed by atoms with Crippen molar-refractivity contribution in [3.05, 3.63) is 84.1 Å². The highest BCUT2D eigenvalue weighted by Crippen LogP contribution is 2.30. The molecule has 0 aliphatic heterocycles. The normalized spacial score (nSPS) is 10.4. The smallest absolute Gasteiger partial charge is 0.230 e. The molecule has 0 spiro atoms. The van der Waals surface area contributed by atoms with Gasteiger partial charge in [0.2, 0.25) is 11.8 Å². The van der Waals surface area contributed by atoms with Crippen LogP contribution in [0.5, 0.6) is 11.6 Å². The fourth-order valence-corrected chi connectivity index (χ4v) is 2.74. The van der Waals surface area contributed by atoms with E-state index in [-0.39, 0.29) is 0 Å². The first-order valence-corrected chi connectivity index (χ1v) is 8.49. The Morgan fingerprint density at radius 2 is 1.74 bits per heavy atom. The van der Waals surface area contributed by atoms with Crippen molar-refractivity contribution in [2.24, 2.45) is 0 Å². The van der Waals surface area contributed by atoms with E-state index in [1.165, 1.54) is 0 Å². The molecule has 130 valence electrons. The van der Waals surface area contributed by atoms with Gasteiger partial charge in [-0.05, 0) is 42.6 Å². The molecule has 1 N–H and O–H groups in total. The molecule has 0 unspecified atom stereocenters. The van der Waals surface area contributed by atoms with E-state index in [0.29, 0.717) is 17.4 Å². The fourth-order valence-electron chi connectivity index (χ4n) is 2.74. The number of hydrogen-bond acceptors (Lipinski definition) is 5. The minimum atomic E-state index is 0.431. The first-order valence-electron chi connectivity index (χ1n) is 8.49. The molecule has 0 saturated carbocycles. The van der Waals surface area contributed by atoms with E-state index in [0.717, 1.165) is 27.8 Å². The number of ether oxygens (including phenoxy) is 1. The van der Waals surface area contributed by atoms with Gasteiger partial charge in [0.05, 0.1) is 11.6 Å². The van der Waals surface area contributed by atoms with Crippen LogP contribution in [0.25, 0.3) is 10.8 Å². The van der Waals surface area contributed by atoms with E-state index in [1.807, 2.05) is 61.5 Å². The van der Waals surface area contributed by atoms with Gasteiger partial charge in [0.25, 0.3) is 0 Å². The zero-order valence-electron chi connectivity index (χ0n) is 14.7. The van der Waals surface area contributed by atoms with Gasteiger partial charge < -0.3 is 10.1 Å². The van der Waals surface area contributed by atoms with E-state index >= 15 is 0 Å². The van der Waals surface area contributed by atoms with Crippen molar-refractivity contribution in [3.8, 4) is 17.7 Å². The Morgan fingerprint density at radius 1 is 0.963 bits per heavy atom.